The van der Waals surface area contributed by atoms with E-state index in [-0.39, 0.29) is 12.5 Å². The van der Waals surface area contributed by atoms with E-state index < -0.39 is 10.0 Å². The minimum Gasteiger partial charge on any atom is -0.340 e. The third-order valence-electron chi connectivity index (χ3n) is 4.76. The van der Waals surface area contributed by atoms with Crippen molar-refractivity contribution in [1.29, 1.82) is 0 Å². The molecule has 1 amide bonds. The Kier molecular flexibility index (Phi) is 7.32. The van der Waals surface area contributed by atoms with Crippen molar-refractivity contribution in [3.63, 3.8) is 0 Å². The van der Waals surface area contributed by atoms with Crippen LogP contribution in [-0.4, -0.2) is 69.6 Å². The number of carbonyl (C=O) groups excluding carboxylic acids is 1. The summed E-state index contributed by atoms with van der Waals surface area (Å²) in [7, 11) is -3.45. The largest absolute Gasteiger partial charge is 0.340 e. The van der Waals surface area contributed by atoms with Gasteiger partial charge in [0.2, 0.25) is 15.9 Å². The number of halogens is 1. The van der Waals surface area contributed by atoms with Crippen LogP contribution in [-0.2, 0) is 14.8 Å². The lowest BCUT2D eigenvalue weighted by atomic mass is 10.2. The van der Waals surface area contributed by atoms with Gasteiger partial charge in [-0.3, -0.25) is 9.10 Å². The normalized spacial score (nSPS) is 15.9. The van der Waals surface area contributed by atoms with Gasteiger partial charge in [0.1, 0.15) is 0 Å². The average Bonchev–Trinajstić information content (AvgIpc) is 2.60. The highest BCUT2D eigenvalue weighted by Gasteiger charge is 2.22. The molecule has 0 radical (unpaired) electrons. The molecule has 0 aliphatic carbocycles. The van der Waals surface area contributed by atoms with Crippen LogP contribution in [0.15, 0.2) is 18.2 Å². The number of piperazine rings is 1. The maximum atomic E-state index is 12.4. The molecule has 8 heteroatoms. The number of benzene rings is 1. The van der Waals surface area contributed by atoms with Gasteiger partial charge in [-0.1, -0.05) is 24.6 Å². The molecule has 0 atom stereocenters. The monoisotopic (exact) mass is 401 g/mol. The number of amides is 1. The second kappa shape index (κ2) is 9.06. The second-order valence-corrected chi connectivity index (χ2v) is 9.03. The summed E-state index contributed by atoms with van der Waals surface area (Å²) in [5.74, 6) is 0.0945. The minimum absolute atomic E-state index is 0.0945. The van der Waals surface area contributed by atoms with Crippen LogP contribution in [0.3, 0.4) is 0 Å². The fourth-order valence-corrected chi connectivity index (χ4v) is 4.34. The Morgan fingerprint density at radius 1 is 1.23 bits per heavy atom. The molecule has 1 fully saturated rings. The van der Waals surface area contributed by atoms with Gasteiger partial charge in [0.25, 0.3) is 0 Å². The number of hydrogen-bond acceptors (Lipinski definition) is 4. The third-order valence-corrected chi connectivity index (χ3v) is 6.18. The molecule has 0 unspecified atom stereocenters. The highest BCUT2D eigenvalue weighted by Crippen LogP contribution is 2.26. The second-order valence-electron chi connectivity index (χ2n) is 6.68. The fourth-order valence-electron chi connectivity index (χ4n) is 3.16. The third kappa shape index (κ3) is 5.59. The number of hydrogen-bond donors (Lipinski definition) is 0. The first-order valence-electron chi connectivity index (χ1n) is 8.96. The molecule has 26 heavy (non-hydrogen) atoms. The van der Waals surface area contributed by atoms with Gasteiger partial charge >= 0.3 is 0 Å². The van der Waals surface area contributed by atoms with Gasteiger partial charge in [-0.15, -0.1) is 0 Å². The van der Waals surface area contributed by atoms with E-state index >= 15 is 0 Å². The van der Waals surface area contributed by atoms with Gasteiger partial charge in [-0.25, -0.2) is 8.42 Å². The van der Waals surface area contributed by atoms with Gasteiger partial charge in [0.05, 0.1) is 11.9 Å². The lowest BCUT2D eigenvalue weighted by Gasteiger charge is -2.34. The summed E-state index contributed by atoms with van der Waals surface area (Å²) in [5, 5.41) is 0.490. The number of aryl methyl sites for hydroxylation is 1. The number of likely N-dealkylation sites (N-methyl/N-ethyl adjacent to an activating group) is 1. The first-order valence-corrected chi connectivity index (χ1v) is 11.2. The molecule has 0 spiro atoms. The summed E-state index contributed by atoms with van der Waals surface area (Å²) < 4.78 is 25.8. The van der Waals surface area contributed by atoms with Crippen molar-refractivity contribution in [3.05, 3.63) is 28.8 Å². The van der Waals surface area contributed by atoms with Crippen molar-refractivity contribution in [3.8, 4) is 0 Å². The van der Waals surface area contributed by atoms with E-state index in [1.165, 1.54) is 10.6 Å². The summed E-state index contributed by atoms with van der Waals surface area (Å²) in [4.78, 5) is 16.6. The Labute approximate surface area is 161 Å². The molecule has 0 aromatic heterocycles. The molecule has 1 heterocycles. The summed E-state index contributed by atoms with van der Waals surface area (Å²) in [6.07, 6.45) is 2.00. The highest BCUT2D eigenvalue weighted by atomic mass is 35.5. The van der Waals surface area contributed by atoms with Crippen molar-refractivity contribution in [1.82, 2.24) is 9.80 Å². The molecule has 0 saturated carbocycles. The Morgan fingerprint density at radius 3 is 2.46 bits per heavy atom. The van der Waals surface area contributed by atoms with Crippen molar-refractivity contribution < 1.29 is 13.2 Å². The standard InChI is InChI=1S/C18H28ClN3O3S/c1-4-20-10-12-21(13-11-20)18(23)6-5-9-22(26(3,24)25)17-14-16(19)8-7-15(17)2/h7-8,14H,4-6,9-13H2,1-3H3. The van der Waals surface area contributed by atoms with Crippen LogP contribution in [0.4, 0.5) is 5.69 Å². The summed E-state index contributed by atoms with van der Waals surface area (Å²) in [6.45, 7) is 8.53. The van der Waals surface area contributed by atoms with E-state index in [9.17, 15) is 13.2 Å². The SMILES string of the molecule is CCN1CCN(C(=O)CCCN(c2cc(Cl)ccc2C)S(C)(=O)=O)CC1. The van der Waals surface area contributed by atoms with Crippen LogP contribution >= 0.6 is 11.6 Å². The molecule has 1 aliphatic heterocycles. The molecule has 146 valence electrons. The number of sulfonamides is 1. The molecule has 1 aromatic rings. The first-order chi connectivity index (χ1) is 12.2. The maximum absolute atomic E-state index is 12.4. The molecular weight excluding hydrogens is 374 g/mol. The quantitative estimate of drug-likeness (QED) is 0.703. The molecule has 0 N–H and O–H groups in total. The van der Waals surface area contributed by atoms with Gasteiger partial charge in [-0.2, -0.15) is 0 Å². The molecule has 2 rings (SSSR count). The zero-order valence-electron chi connectivity index (χ0n) is 15.7. The molecular formula is C18H28ClN3O3S. The zero-order chi connectivity index (χ0) is 19.3. The molecule has 0 bridgehead atoms. The van der Waals surface area contributed by atoms with Crippen LogP contribution in [0.2, 0.25) is 5.02 Å². The van der Waals surface area contributed by atoms with Crippen molar-refractivity contribution in [2.75, 3.05) is 49.8 Å². The van der Waals surface area contributed by atoms with E-state index in [0.717, 1.165) is 38.3 Å². The number of carbonyl (C=O) groups is 1. The topological polar surface area (TPSA) is 60.9 Å². The van der Waals surface area contributed by atoms with Crippen molar-refractivity contribution >= 4 is 33.2 Å². The predicted octanol–water partition coefficient (Wildman–Crippen LogP) is 2.36. The van der Waals surface area contributed by atoms with E-state index in [0.29, 0.717) is 23.6 Å². The van der Waals surface area contributed by atoms with Gasteiger partial charge in [0.15, 0.2) is 0 Å². The smallest absolute Gasteiger partial charge is 0.232 e. The maximum Gasteiger partial charge on any atom is 0.232 e. The van der Waals surface area contributed by atoms with Crippen molar-refractivity contribution in [2.24, 2.45) is 0 Å². The Balaban J connectivity index is 1.96. The fraction of sp³-hybridized carbons (Fsp3) is 0.611. The number of anilines is 1. The lowest BCUT2D eigenvalue weighted by Crippen LogP contribution is -2.48. The summed E-state index contributed by atoms with van der Waals surface area (Å²) in [6, 6.07) is 5.19. The Morgan fingerprint density at radius 2 is 1.88 bits per heavy atom. The minimum atomic E-state index is -3.45. The van der Waals surface area contributed by atoms with Gasteiger partial charge in [-0.05, 0) is 37.6 Å². The molecule has 1 saturated heterocycles. The molecule has 6 nitrogen and oxygen atoms in total. The molecule has 1 aromatic carbocycles. The summed E-state index contributed by atoms with van der Waals surface area (Å²) >= 11 is 6.03. The number of rotatable bonds is 7. The van der Waals surface area contributed by atoms with Crippen LogP contribution in [0.5, 0.6) is 0 Å². The van der Waals surface area contributed by atoms with E-state index in [1.807, 2.05) is 11.8 Å². The first kappa shape index (κ1) is 21.0. The summed E-state index contributed by atoms with van der Waals surface area (Å²) in [5.41, 5.74) is 1.41. The zero-order valence-corrected chi connectivity index (χ0v) is 17.3. The van der Waals surface area contributed by atoms with E-state index in [4.69, 9.17) is 11.6 Å². The van der Waals surface area contributed by atoms with Gasteiger partial charge in [0, 0.05) is 44.2 Å². The number of nitrogens with zero attached hydrogens (tertiary/aromatic N) is 3. The Hall–Kier alpha value is -1.31. The average molecular weight is 402 g/mol. The van der Waals surface area contributed by atoms with Crippen LogP contribution < -0.4 is 4.31 Å². The Bertz CT molecular complexity index is 731. The van der Waals surface area contributed by atoms with Crippen LogP contribution in [0.1, 0.15) is 25.3 Å². The predicted molar refractivity (Wildman–Crippen MR) is 106 cm³/mol. The molecule has 1 aliphatic rings. The van der Waals surface area contributed by atoms with Crippen molar-refractivity contribution in [2.45, 2.75) is 26.7 Å². The van der Waals surface area contributed by atoms with E-state index in [2.05, 4.69) is 11.8 Å². The van der Waals surface area contributed by atoms with Gasteiger partial charge < -0.3 is 9.80 Å². The van der Waals surface area contributed by atoms with E-state index in [1.54, 1.807) is 18.2 Å². The lowest BCUT2D eigenvalue weighted by molar-refractivity contribution is -0.132. The van der Waals surface area contributed by atoms with Crippen LogP contribution in [0, 0.1) is 6.92 Å². The highest BCUT2D eigenvalue weighted by molar-refractivity contribution is 7.92. The van der Waals surface area contributed by atoms with Crippen LogP contribution in [0.25, 0.3) is 0 Å².